The minimum atomic E-state index is -0.121. The van der Waals surface area contributed by atoms with Crippen LogP contribution >= 0.6 is 0 Å². The van der Waals surface area contributed by atoms with Crippen LogP contribution in [0.2, 0.25) is 0 Å². The molecule has 1 N–H and O–H groups in total. The predicted octanol–water partition coefficient (Wildman–Crippen LogP) is 2.15. The maximum Gasteiger partial charge on any atom is 0.104 e. The maximum absolute atomic E-state index is 8.70. The average Bonchev–Trinajstić information content (AvgIpc) is 2.41. The van der Waals surface area contributed by atoms with Crippen LogP contribution in [-0.2, 0) is 6.54 Å². The lowest BCUT2D eigenvalue weighted by Gasteiger charge is -2.25. The van der Waals surface area contributed by atoms with Crippen molar-refractivity contribution in [2.75, 3.05) is 13.2 Å². The molecule has 0 fully saturated rings. The highest BCUT2D eigenvalue weighted by Crippen LogP contribution is 2.10. The zero-order valence-corrected chi connectivity index (χ0v) is 11.6. The van der Waals surface area contributed by atoms with Crippen LogP contribution in [-0.4, -0.2) is 29.2 Å². The Morgan fingerprint density at radius 2 is 2.16 bits per heavy atom. The van der Waals surface area contributed by atoms with E-state index >= 15 is 0 Å². The van der Waals surface area contributed by atoms with Crippen LogP contribution in [0.3, 0.4) is 0 Å². The first-order valence-corrected chi connectivity index (χ1v) is 6.47. The van der Waals surface area contributed by atoms with E-state index in [1.165, 1.54) is 5.56 Å². The molecule has 1 rings (SSSR count). The largest absolute Gasteiger partial charge is 0.384 e. The van der Waals surface area contributed by atoms with Crippen molar-refractivity contribution >= 4 is 0 Å². The van der Waals surface area contributed by atoms with Crippen molar-refractivity contribution < 1.29 is 5.11 Å². The second-order valence-corrected chi connectivity index (χ2v) is 4.63. The normalized spacial score (nSPS) is 10.1. The van der Waals surface area contributed by atoms with Crippen LogP contribution in [0.15, 0.2) is 24.3 Å². The van der Waals surface area contributed by atoms with Crippen LogP contribution in [0.4, 0.5) is 0 Å². The summed E-state index contributed by atoms with van der Waals surface area (Å²) in [5.41, 5.74) is 2.09. The molecule has 0 aliphatic rings. The molecule has 0 aromatic heterocycles. The number of aliphatic hydroxyl groups excluding tert-OH is 1. The van der Waals surface area contributed by atoms with E-state index < -0.39 is 0 Å². The van der Waals surface area contributed by atoms with E-state index in [9.17, 15) is 0 Å². The average molecular weight is 256 g/mol. The lowest BCUT2D eigenvalue weighted by molar-refractivity contribution is 0.218. The predicted molar refractivity (Wildman–Crippen MR) is 76.2 cm³/mol. The van der Waals surface area contributed by atoms with Crippen molar-refractivity contribution in [2.45, 2.75) is 32.9 Å². The molecule has 0 heterocycles. The summed E-state index contributed by atoms with van der Waals surface area (Å²) < 4.78 is 0. The van der Waals surface area contributed by atoms with Crippen molar-refractivity contribution in [2.24, 2.45) is 0 Å². The van der Waals surface area contributed by atoms with Crippen molar-refractivity contribution in [1.29, 1.82) is 5.26 Å². The Labute approximate surface area is 115 Å². The monoisotopic (exact) mass is 256 g/mol. The van der Waals surface area contributed by atoms with Gasteiger partial charge < -0.3 is 5.11 Å². The third kappa shape index (κ3) is 5.57. The van der Waals surface area contributed by atoms with Crippen LogP contribution in [0.25, 0.3) is 0 Å². The highest BCUT2D eigenvalue weighted by atomic mass is 16.2. The Morgan fingerprint density at radius 3 is 2.79 bits per heavy atom. The number of nitriles is 1. The Hall–Kier alpha value is -1.81. The summed E-state index contributed by atoms with van der Waals surface area (Å²) in [6.07, 6.45) is 0.544. The molecule has 1 aromatic carbocycles. The van der Waals surface area contributed by atoms with Gasteiger partial charge in [0.25, 0.3) is 0 Å². The molecule has 0 aliphatic heterocycles. The fraction of sp³-hybridized carbons (Fsp3) is 0.438. The van der Waals surface area contributed by atoms with Gasteiger partial charge in [0.1, 0.15) is 6.61 Å². The highest BCUT2D eigenvalue weighted by Gasteiger charge is 2.09. The minimum Gasteiger partial charge on any atom is -0.384 e. The number of rotatable bonds is 5. The minimum absolute atomic E-state index is 0.121. The van der Waals surface area contributed by atoms with Crippen molar-refractivity contribution in [3.05, 3.63) is 35.4 Å². The molecule has 0 unspecified atom stereocenters. The van der Waals surface area contributed by atoms with Crippen LogP contribution in [0, 0.1) is 23.2 Å². The van der Waals surface area contributed by atoms with Gasteiger partial charge in [0, 0.05) is 31.1 Å². The number of benzene rings is 1. The first kappa shape index (κ1) is 15.2. The molecule has 0 radical (unpaired) electrons. The molecule has 0 aliphatic carbocycles. The fourth-order valence-electron chi connectivity index (χ4n) is 1.84. The molecule has 0 amide bonds. The van der Waals surface area contributed by atoms with Gasteiger partial charge in [-0.1, -0.05) is 24.0 Å². The fourth-order valence-corrected chi connectivity index (χ4v) is 1.84. The molecule has 0 bridgehead atoms. The molecule has 3 heteroatoms. The summed E-state index contributed by atoms with van der Waals surface area (Å²) in [7, 11) is 0. The van der Waals surface area contributed by atoms with Gasteiger partial charge in [-0.2, -0.15) is 5.26 Å². The van der Waals surface area contributed by atoms with Gasteiger partial charge in [0.15, 0.2) is 0 Å². The van der Waals surface area contributed by atoms with E-state index in [-0.39, 0.29) is 6.61 Å². The topological polar surface area (TPSA) is 47.3 Å². The second-order valence-electron chi connectivity index (χ2n) is 4.63. The van der Waals surface area contributed by atoms with Crippen molar-refractivity contribution in [1.82, 2.24) is 4.90 Å². The lowest BCUT2D eigenvalue weighted by Crippen LogP contribution is -2.31. The van der Waals surface area contributed by atoms with Crippen LogP contribution in [0.1, 0.15) is 31.4 Å². The zero-order chi connectivity index (χ0) is 14.1. The molecule has 0 saturated heterocycles. The molecular formula is C16H20N2O. The molecule has 19 heavy (non-hydrogen) atoms. The Bertz CT molecular complexity index is 491. The Balaban J connectivity index is 2.76. The highest BCUT2D eigenvalue weighted by molar-refractivity contribution is 5.37. The lowest BCUT2D eigenvalue weighted by atomic mass is 10.1. The van der Waals surface area contributed by atoms with Gasteiger partial charge in [-0.15, -0.1) is 0 Å². The molecular weight excluding hydrogens is 236 g/mol. The molecule has 100 valence electrons. The summed E-state index contributed by atoms with van der Waals surface area (Å²) in [6, 6.07) is 10.6. The first-order chi connectivity index (χ1) is 9.17. The van der Waals surface area contributed by atoms with Gasteiger partial charge >= 0.3 is 0 Å². The van der Waals surface area contributed by atoms with E-state index in [0.717, 1.165) is 18.7 Å². The Morgan fingerprint density at radius 1 is 1.37 bits per heavy atom. The SMILES string of the molecule is CC(C)N(CCC#N)Cc1cccc(C#CCO)c1. The molecule has 0 saturated carbocycles. The Kier molecular flexibility index (Phi) is 6.68. The summed E-state index contributed by atoms with van der Waals surface area (Å²) in [5, 5.41) is 17.4. The summed E-state index contributed by atoms with van der Waals surface area (Å²) in [5.74, 6) is 5.56. The van der Waals surface area contributed by atoms with Gasteiger partial charge in [-0.05, 0) is 31.5 Å². The van der Waals surface area contributed by atoms with Gasteiger partial charge in [0.2, 0.25) is 0 Å². The first-order valence-electron chi connectivity index (χ1n) is 6.47. The van der Waals surface area contributed by atoms with Crippen LogP contribution in [0.5, 0.6) is 0 Å². The van der Waals surface area contributed by atoms with E-state index in [0.29, 0.717) is 12.5 Å². The summed E-state index contributed by atoms with van der Waals surface area (Å²) in [4.78, 5) is 2.27. The quantitative estimate of drug-likeness (QED) is 0.821. The van der Waals surface area contributed by atoms with Gasteiger partial charge in [0.05, 0.1) is 6.07 Å². The summed E-state index contributed by atoms with van der Waals surface area (Å²) in [6.45, 7) is 5.73. The van der Waals surface area contributed by atoms with E-state index in [2.05, 4.69) is 42.7 Å². The zero-order valence-electron chi connectivity index (χ0n) is 11.6. The third-order valence-electron chi connectivity index (χ3n) is 2.87. The molecule has 1 aromatic rings. The molecule has 3 nitrogen and oxygen atoms in total. The van der Waals surface area contributed by atoms with E-state index in [1.807, 2.05) is 18.2 Å². The standard InChI is InChI=1S/C16H20N2O/c1-14(2)18(10-5-9-17)13-16-7-3-6-15(12-16)8-4-11-19/h3,6-7,12,14,19H,5,10-11,13H2,1-2H3. The number of aliphatic hydroxyl groups is 1. The van der Waals surface area contributed by atoms with Crippen LogP contribution < -0.4 is 0 Å². The van der Waals surface area contributed by atoms with Gasteiger partial charge in [-0.25, -0.2) is 0 Å². The third-order valence-corrected chi connectivity index (χ3v) is 2.87. The second kappa shape index (κ2) is 8.32. The van der Waals surface area contributed by atoms with E-state index in [1.54, 1.807) is 0 Å². The van der Waals surface area contributed by atoms with Gasteiger partial charge in [-0.3, -0.25) is 4.90 Å². The molecule has 0 atom stereocenters. The smallest absolute Gasteiger partial charge is 0.104 e. The number of nitrogens with zero attached hydrogens (tertiary/aromatic N) is 2. The molecule has 0 spiro atoms. The van der Waals surface area contributed by atoms with E-state index in [4.69, 9.17) is 10.4 Å². The van der Waals surface area contributed by atoms with Crippen molar-refractivity contribution in [3.8, 4) is 17.9 Å². The summed E-state index contributed by atoms with van der Waals surface area (Å²) >= 11 is 0. The number of hydrogen-bond acceptors (Lipinski definition) is 3. The number of hydrogen-bond donors (Lipinski definition) is 1. The maximum atomic E-state index is 8.70. The van der Waals surface area contributed by atoms with Crippen molar-refractivity contribution in [3.63, 3.8) is 0 Å².